The van der Waals surface area contributed by atoms with E-state index in [2.05, 4.69) is 214 Å². The quantitative estimate of drug-likeness (QED) is 0.180. The monoisotopic (exact) mass is 874 g/mol. The Kier molecular flexibility index (Phi) is 7.46. The molecule has 4 nitrogen and oxygen atoms in total. The Balaban J connectivity index is 1.04. The second-order valence-corrected chi connectivity index (χ2v) is 21.0. The van der Waals surface area contributed by atoms with Gasteiger partial charge < -0.3 is 19.1 Å². The van der Waals surface area contributed by atoms with Crippen molar-refractivity contribution in [3.8, 4) is 22.3 Å². The van der Waals surface area contributed by atoms with Crippen LogP contribution in [0.3, 0.4) is 0 Å². The Morgan fingerprint density at radius 1 is 0.471 bits per heavy atom. The van der Waals surface area contributed by atoms with Gasteiger partial charge in [-0.1, -0.05) is 161 Å². The number of rotatable bonds is 3. The summed E-state index contributed by atoms with van der Waals surface area (Å²) in [6.07, 6.45) is 2.32. The van der Waals surface area contributed by atoms with Crippen LogP contribution in [0.15, 0.2) is 185 Å². The van der Waals surface area contributed by atoms with Gasteiger partial charge in [-0.2, -0.15) is 0 Å². The first-order chi connectivity index (χ1) is 33.2. The van der Waals surface area contributed by atoms with E-state index < -0.39 is 5.41 Å². The van der Waals surface area contributed by atoms with Crippen molar-refractivity contribution in [3.63, 3.8) is 0 Å². The summed E-state index contributed by atoms with van der Waals surface area (Å²) >= 11 is 0. The molecule has 0 saturated heterocycles. The molecular formula is C63H47BN2O2. The lowest BCUT2D eigenvalue weighted by Crippen LogP contribution is -2.47. The van der Waals surface area contributed by atoms with Gasteiger partial charge in [-0.05, 0) is 122 Å². The summed E-state index contributed by atoms with van der Waals surface area (Å²) in [5.74, 6) is 0. The lowest BCUT2D eigenvalue weighted by Gasteiger charge is -2.48. The molecule has 0 fully saturated rings. The fraction of sp³-hybridized carbons (Fsp3) is 0.143. The third-order valence-electron chi connectivity index (χ3n) is 16.5. The van der Waals surface area contributed by atoms with Crippen LogP contribution in [0.1, 0.15) is 73.9 Å². The maximum Gasteiger partial charge on any atom is 0.198 e. The second-order valence-electron chi connectivity index (χ2n) is 21.0. The van der Waals surface area contributed by atoms with Crippen LogP contribution >= 0.6 is 0 Å². The van der Waals surface area contributed by atoms with Gasteiger partial charge in [0.15, 0.2) is 7.28 Å². The van der Waals surface area contributed by atoms with Gasteiger partial charge in [0.05, 0.1) is 22.4 Å². The number of benzene rings is 9. The SMILES string of the molecule is CC1(C)CCC(C)(C)c2cc(Nc3ccc4c(oc5ccccc54)c3-c3c4c(cc5c3oc3ccccc35)N3c5ccccc5C5(c6ccccc6-c6ccccc65)c5cccc(c53)B4)ccc21. The largest absolute Gasteiger partial charge is 0.455 e. The predicted molar refractivity (Wildman–Crippen MR) is 283 cm³/mol. The minimum atomic E-state index is -0.492. The van der Waals surface area contributed by atoms with Gasteiger partial charge >= 0.3 is 0 Å². The lowest BCUT2D eigenvalue weighted by atomic mass is 9.54. The van der Waals surface area contributed by atoms with E-state index in [9.17, 15) is 0 Å². The van der Waals surface area contributed by atoms with Gasteiger partial charge in [-0.15, -0.1) is 0 Å². The molecule has 4 heterocycles. The van der Waals surface area contributed by atoms with Crippen molar-refractivity contribution in [2.45, 2.75) is 56.8 Å². The highest BCUT2D eigenvalue weighted by Crippen LogP contribution is 2.64. The van der Waals surface area contributed by atoms with Crippen LogP contribution in [-0.4, -0.2) is 7.28 Å². The van der Waals surface area contributed by atoms with Crippen LogP contribution < -0.4 is 21.1 Å². The van der Waals surface area contributed by atoms with Crippen molar-refractivity contribution in [2.75, 3.05) is 10.2 Å². The van der Waals surface area contributed by atoms with Gasteiger partial charge in [-0.3, -0.25) is 0 Å². The molecule has 68 heavy (non-hydrogen) atoms. The molecule has 0 unspecified atom stereocenters. The fourth-order valence-corrected chi connectivity index (χ4v) is 13.3. The molecule has 0 saturated carbocycles. The summed E-state index contributed by atoms with van der Waals surface area (Å²) < 4.78 is 14.3. The molecule has 2 aromatic heterocycles. The Morgan fingerprint density at radius 3 is 1.81 bits per heavy atom. The lowest BCUT2D eigenvalue weighted by molar-refractivity contribution is 0.332. The molecule has 0 radical (unpaired) electrons. The van der Waals surface area contributed by atoms with E-state index in [1.807, 2.05) is 0 Å². The zero-order chi connectivity index (χ0) is 45.3. The van der Waals surface area contributed by atoms with Crippen LogP contribution in [0.5, 0.6) is 0 Å². The molecule has 324 valence electrons. The van der Waals surface area contributed by atoms with Crippen LogP contribution in [-0.2, 0) is 16.2 Å². The van der Waals surface area contributed by atoms with E-state index in [1.54, 1.807) is 0 Å². The minimum Gasteiger partial charge on any atom is -0.455 e. The van der Waals surface area contributed by atoms with Crippen LogP contribution in [0.2, 0.25) is 0 Å². The smallest absolute Gasteiger partial charge is 0.198 e. The van der Waals surface area contributed by atoms with E-state index in [0.29, 0.717) is 7.28 Å². The summed E-state index contributed by atoms with van der Waals surface area (Å²) in [7, 11) is 0.705. The maximum absolute atomic E-state index is 7.19. The zero-order valence-electron chi connectivity index (χ0n) is 38.6. The van der Waals surface area contributed by atoms with Crippen molar-refractivity contribution in [1.29, 1.82) is 0 Å². The number of fused-ring (bicyclic) bond motifs is 18. The van der Waals surface area contributed by atoms with Gasteiger partial charge in [0.1, 0.15) is 22.3 Å². The molecule has 4 aliphatic rings. The van der Waals surface area contributed by atoms with Gasteiger partial charge in [0, 0.05) is 44.2 Å². The Labute approximate surface area is 396 Å². The summed E-state index contributed by atoms with van der Waals surface area (Å²) in [4.78, 5) is 2.59. The topological polar surface area (TPSA) is 41.6 Å². The first-order valence-corrected chi connectivity index (χ1v) is 24.3. The van der Waals surface area contributed by atoms with Crippen molar-refractivity contribution >= 4 is 90.5 Å². The molecule has 2 aliphatic carbocycles. The molecule has 0 bridgehead atoms. The number of nitrogens with zero attached hydrogens (tertiary/aromatic N) is 1. The Hall–Kier alpha value is -7.76. The van der Waals surface area contributed by atoms with Crippen molar-refractivity contribution in [1.82, 2.24) is 0 Å². The molecule has 15 rings (SSSR count). The van der Waals surface area contributed by atoms with E-state index in [0.717, 1.165) is 78.5 Å². The summed E-state index contributed by atoms with van der Waals surface area (Å²) in [5, 5.41) is 8.40. The van der Waals surface area contributed by atoms with Gasteiger partial charge in [0.2, 0.25) is 0 Å². The molecule has 9 aromatic carbocycles. The molecule has 0 amide bonds. The van der Waals surface area contributed by atoms with Crippen molar-refractivity contribution < 1.29 is 8.83 Å². The first kappa shape index (κ1) is 38.4. The second kappa shape index (κ2) is 13.2. The number of furan rings is 2. The van der Waals surface area contributed by atoms with E-state index in [-0.39, 0.29) is 10.8 Å². The standard InChI is InChI=1S/C63H47BN2O2/c1-61(2)32-33-62(3,4)48-34-36(28-30-45(48)61)65-50-31-29-41-39-18-7-13-26-53(39)67-59(41)55(50)56-57-52(35-42-40-19-8-14-27-54(40)68-60(42)56)66-51-25-12-11-22-46(51)63(47-23-15-24-49(64-57)58(47)66)43-20-9-5-16-37(43)38-17-6-10-21-44(38)63/h5-31,34-35,64-65H,32-33H2,1-4H3. The Morgan fingerprint density at radius 2 is 1.07 bits per heavy atom. The average molecular weight is 875 g/mol. The average Bonchev–Trinajstić information content (AvgIpc) is 4.02. The van der Waals surface area contributed by atoms with Crippen molar-refractivity contribution in [3.05, 3.63) is 209 Å². The van der Waals surface area contributed by atoms with Crippen LogP contribution in [0, 0.1) is 0 Å². The third kappa shape index (κ3) is 4.86. The summed E-state index contributed by atoms with van der Waals surface area (Å²) in [6, 6.07) is 65.3. The molecule has 0 atom stereocenters. The molecule has 11 aromatic rings. The van der Waals surface area contributed by atoms with E-state index >= 15 is 0 Å². The molecular weight excluding hydrogens is 828 g/mol. The number of hydrogen-bond donors (Lipinski definition) is 1. The van der Waals surface area contributed by atoms with Crippen LogP contribution in [0.25, 0.3) is 66.1 Å². The predicted octanol–water partition coefficient (Wildman–Crippen LogP) is 15.1. The fourth-order valence-electron chi connectivity index (χ4n) is 13.3. The number of nitrogens with one attached hydrogen (secondary N) is 1. The van der Waals surface area contributed by atoms with Crippen LogP contribution in [0.4, 0.5) is 28.4 Å². The minimum absolute atomic E-state index is 0.0607. The Bertz CT molecular complexity index is 3970. The van der Waals surface area contributed by atoms with E-state index in [4.69, 9.17) is 8.83 Å². The highest BCUT2D eigenvalue weighted by atomic mass is 16.3. The van der Waals surface area contributed by atoms with Gasteiger partial charge in [0.25, 0.3) is 0 Å². The van der Waals surface area contributed by atoms with Crippen molar-refractivity contribution in [2.24, 2.45) is 0 Å². The number of hydrogen-bond acceptors (Lipinski definition) is 4. The zero-order valence-corrected chi connectivity index (χ0v) is 38.6. The summed E-state index contributed by atoms with van der Waals surface area (Å²) in [5.41, 5.74) is 24.1. The molecule has 1 N–H and O–H groups in total. The highest BCUT2D eigenvalue weighted by molar-refractivity contribution is 6.74. The summed E-state index contributed by atoms with van der Waals surface area (Å²) in [6.45, 7) is 9.59. The highest BCUT2D eigenvalue weighted by Gasteiger charge is 2.53. The molecule has 5 heteroatoms. The third-order valence-corrected chi connectivity index (χ3v) is 16.5. The first-order valence-electron chi connectivity index (χ1n) is 24.3. The number of anilines is 5. The maximum atomic E-state index is 7.19. The van der Waals surface area contributed by atoms with E-state index in [1.165, 1.54) is 73.2 Å². The number of para-hydroxylation sites is 4. The van der Waals surface area contributed by atoms with Gasteiger partial charge in [-0.25, -0.2) is 0 Å². The normalized spacial score (nSPS) is 16.3. The molecule has 1 spiro atoms. The molecule has 2 aliphatic heterocycles.